The van der Waals surface area contributed by atoms with E-state index in [1.54, 1.807) is 0 Å². The number of amides is 1. The Balaban J connectivity index is 1.48. The molecule has 0 aliphatic carbocycles. The number of carbonyl (C=O) groups excluding carboxylic acids is 1. The van der Waals surface area contributed by atoms with Gasteiger partial charge in [-0.3, -0.25) is 9.69 Å². The van der Waals surface area contributed by atoms with E-state index in [1.165, 1.54) is 11.3 Å². The second-order valence-electron chi connectivity index (χ2n) is 7.07. The molecule has 2 N–H and O–H groups in total. The van der Waals surface area contributed by atoms with E-state index in [1.807, 2.05) is 29.9 Å². The second-order valence-corrected chi connectivity index (χ2v) is 8.02. The predicted octanol–water partition coefficient (Wildman–Crippen LogP) is 3.14. The molecule has 7 heteroatoms. The van der Waals surface area contributed by atoms with Crippen LogP contribution in [0.15, 0.2) is 29.9 Å². The molecule has 26 heavy (non-hydrogen) atoms. The van der Waals surface area contributed by atoms with E-state index in [9.17, 15) is 4.79 Å². The van der Waals surface area contributed by atoms with E-state index in [2.05, 4.69) is 39.3 Å². The lowest BCUT2D eigenvalue weighted by molar-refractivity contribution is 0.0937. The minimum absolute atomic E-state index is 0.0556. The molecule has 6 nitrogen and oxygen atoms in total. The van der Waals surface area contributed by atoms with Crippen LogP contribution in [0.3, 0.4) is 0 Å². The number of hydrogen-bond donors (Lipinski definition) is 2. The van der Waals surface area contributed by atoms with E-state index in [0.29, 0.717) is 12.0 Å². The number of aromatic nitrogens is 2. The summed E-state index contributed by atoms with van der Waals surface area (Å²) >= 11 is 1.49. The van der Waals surface area contributed by atoms with Gasteiger partial charge in [0.1, 0.15) is 0 Å². The summed E-state index contributed by atoms with van der Waals surface area (Å²) in [6, 6.07) is 4.37. The van der Waals surface area contributed by atoms with Crippen molar-refractivity contribution in [3.05, 3.63) is 40.3 Å². The molecule has 0 aromatic carbocycles. The molecule has 1 aliphatic heterocycles. The molecule has 0 radical (unpaired) electrons. The van der Waals surface area contributed by atoms with Crippen LogP contribution in [-0.4, -0.2) is 45.9 Å². The first-order valence-electron chi connectivity index (χ1n) is 9.24. The van der Waals surface area contributed by atoms with Crippen LogP contribution in [0, 0.1) is 0 Å². The number of anilines is 1. The van der Waals surface area contributed by atoms with Crippen molar-refractivity contribution in [3.63, 3.8) is 0 Å². The van der Waals surface area contributed by atoms with Crippen LogP contribution in [0.5, 0.6) is 0 Å². The average Bonchev–Trinajstić information content (AvgIpc) is 3.07. The maximum atomic E-state index is 12.2. The Bertz CT molecular complexity index is 686. The van der Waals surface area contributed by atoms with Crippen molar-refractivity contribution in [2.75, 3.05) is 18.4 Å². The first-order valence-corrected chi connectivity index (χ1v) is 10.1. The van der Waals surface area contributed by atoms with Gasteiger partial charge in [0.25, 0.3) is 5.91 Å². The molecule has 140 valence electrons. The molecule has 0 unspecified atom stereocenters. The zero-order chi connectivity index (χ0) is 18.4. The number of likely N-dealkylation sites (tertiary alicyclic amines) is 1. The Morgan fingerprint density at radius 2 is 2.12 bits per heavy atom. The smallest absolute Gasteiger partial charge is 0.261 e. The van der Waals surface area contributed by atoms with Gasteiger partial charge in [-0.05, 0) is 51.1 Å². The number of nitrogens with one attached hydrogen (secondary N) is 2. The van der Waals surface area contributed by atoms with Gasteiger partial charge in [0.15, 0.2) is 0 Å². The van der Waals surface area contributed by atoms with Crippen molar-refractivity contribution in [1.82, 2.24) is 20.2 Å². The van der Waals surface area contributed by atoms with Crippen LogP contribution < -0.4 is 10.6 Å². The topological polar surface area (TPSA) is 70.2 Å². The van der Waals surface area contributed by atoms with Gasteiger partial charge in [-0.25, -0.2) is 9.97 Å². The van der Waals surface area contributed by atoms with Gasteiger partial charge in [0.2, 0.25) is 5.95 Å². The molecule has 3 heterocycles. The van der Waals surface area contributed by atoms with Gasteiger partial charge in [-0.1, -0.05) is 6.07 Å². The fourth-order valence-corrected chi connectivity index (χ4v) is 3.78. The minimum atomic E-state index is 0.0556. The summed E-state index contributed by atoms with van der Waals surface area (Å²) in [4.78, 5) is 24.2. The van der Waals surface area contributed by atoms with Gasteiger partial charge in [0, 0.05) is 43.1 Å². The molecular weight excluding hydrogens is 346 g/mol. The summed E-state index contributed by atoms with van der Waals surface area (Å²) in [7, 11) is 0. The lowest BCUT2D eigenvalue weighted by atomic mass is 10.1. The quantitative estimate of drug-likeness (QED) is 0.814. The predicted molar refractivity (Wildman–Crippen MR) is 105 cm³/mol. The van der Waals surface area contributed by atoms with Gasteiger partial charge >= 0.3 is 0 Å². The summed E-state index contributed by atoms with van der Waals surface area (Å²) in [5.41, 5.74) is 1.13. The molecule has 2 aromatic heterocycles. The largest absolute Gasteiger partial charge is 0.352 e. The van der Waals surface area contributed by atoms with Crippen LogP contribution >= 0.6 is 11.3 Å². The van der Waals surface area contributed by atoms with Gasteiger partial charge in [-0.2, -0.15) is 0 Å². The van der Waals surface area contributed by atoms with Crippen molar-refractivity contribution in [3.8, 4) is 0 Å². The average molecular weight is 374 g/mol. The zero-order valence-electron chi connectivity index (χ0n) is 15.4. The van der Waals surface area contributed by atoms with Gasteiger partial charge in [0.05, 0.1) is 4.88 Å². The third-order valence-corrected chi connectivity index (χ3v) is 5.30. The Kier molecular flexibility index (Phi) is 6.57. The fraction of sp³-hybridized carbons (Fsp3) is 0.526. The standard InChI is InChI=1S/C19H27N5OS/c1-14(2)22-19-20-11-15(12-21-19)13-24-8-3-5-16(7-9-24)23-18(25)17-6-4-10-26-17/h4,6,10-12,14,16H,3,5,7-9,13H2,1-2H3,(H,23,25)(H,20,21,22)/t16-/m1/s1. The lowest BCUT2D eigenvalue weighted by Gasteiger charge is -2.20. The summed E-state index contributed by atoms with van der Waals surface area (Å²) < 4.78 is 0. The van der Waals surface area contributed by atoms with Crippen molar-refractivity contribution in [1.29, 1.82) is 0 Å². The van der Waals surface area contributed by atoms with Crippen molar-refractivity contribution < 1.29 is 4.79 Å². The van der Waals surface area contributed by atoms with Crippen LogP contribution in [0.4, 0.5) is 5.95 Å². The molecule has 2 aromatic rings. The van der Waals surface area contributed by atoms with Gasteiger partial charge < -0.3 is 10.6 Å². The Hall–Kier alpha value is -1.99. The molecule has 1 aliphatic rings. The third-order valence-electron chi connectivity index (χ3n) is 4.43. The summed E-state index contributed by atoms with van der Waals surface area (Å²) in [5.74, 6) is 0.732. The lowest BCUT2D eigenvalue weighted by Crippen LogP contribution is -2.35. The number of carbonyl (C=O) groups is 1. The van der Waals surface area contributed by atoms with Crippen LogP contribution in [-0.2, 0) is 6.54 Å². The molecular formula is C19H27N5OS. The molecule has 0 spiro atoms. The van der Waals surface area contributed by atoms with Crippen LogP contribution in [0.25, 0.3) is 0 Å². The highest BCUT2D eigenvalue weighted by Crippen LogP contribution is 2.16. The van der Waals surface area contributed by atoms with E-state index >= 15 is 0 Å². The van der Waals surface area contributed by atoms with E-state index in [4.69, 9.17) is 0 Å². The Labute approximate surface area is 159 Å². The number of rotatable bonds is 6. The molecule has 0 bridgehead atoms. The first kappa shape index (κ1) is 18.8. The Morgan fingerprint density at radius 3 is 2.81 bits per heavy atom. The SMILES string of the molecule is CC(C)Nc1ncc(CN2CCC[C@@H](NC(=O)c3cccs3)CC2)cn1. The minimum Gasteiger partial charge on any atom is -0.352 e. The zero-order valence-corrected chi connectivity index (χ0v) is 16.3. The van der Waals surface area contributed by atoms with E-state index in [-0.39, 0.29) is 11.9 Å². The summed E-state index contributed by atoms with van der Waals surface area (Å²) in [6.07, 6.45) is 6.90. The first-order chi connectivity index (χ1) is 12.6. The van der Waals surface area contributed by atoms with Crippen molar-refractivity contribution in [2.45, 2.75) is 51.7 Å². The number of thiophene rings is 1. The molecule has 1 amide bonds. The monoisotopic (exact) mass is 373 g/mol. The second kappa shape index (κ2) is 9.09. The highest BCUT2D eigenvalue weighted by atomic mass is 32.1. The molecule has 1 atom stereocenters. The Morgan fingerprint density at radius 1 is 1.31 bits per heavy atom. The van der Waals surface area contributed by atoms with Gasteiger partial charge in [-0.15, -0.1) is 11.3 Å². The maximum absolute atomic E-state index is 12.2. The molecule has 3 rings (SSSR count). The maximum Gasteiger partial charge on any atom is 0.261 e. The highest BCUT2D eigenvalue weighted by molar-refractivity contribution is 7.12. The summed E-state index contributed by atoms with van der Waals surface area (Å²) in [5, 5.41) is 8.33. The van der Waals surface area contributed by atoms with E-state index < -0.39 is 0 Å². The highest BCUT2D eigenvalue weighted by Gasteiger charge is 2.19. The fourth-order valence-electron chi connectivity index (χ4n) is 3.15. The molecule has 0 saturated carbocycles. The normalized spacial score (nSPS) is 18.5. The number of hydrogen-bond acceptors (Lipinski definition) is 6. The van der Waals surface area contributed by atoms with E-state index in [0.717, 1.165) is 49.3 Å². The molecule has 1 fully saturated rings. The summed E-state index contributed by atoms with van der Waals surface area (Å²) in [6.45, 7) is 7.01. The van der Waals surface area contributed by atoms with Crippen molar-refractivity contribution in [2.24, 2.45) is 0 Å². The molecule has 1 saturated heterocycles. The number of nitrogens with zero attached hydrogens (tertiary/aromatic N) is 3. The van der Waals surface area contributed by atoms with Crippen LogP contribution in [0.1, 0.15) is 48.3 Å². The third kappa shape index (κ3) is 5.51. The van der Waals surface area contributed by atoms with Crippen LogP contribution in [0.2, 0.25) is 0 Å². The van der Waals surface area contributed by atoms with Crippen molar-refractivity contribution >= 4 is 23.2 Å².